The van der Waals surface area contributed by atoms with E-state index in [0.29, 0.717) is 6.54 Å². The molecule has 0 aromatic heterocycles. The van der Waals surface area contributed by atoms with Crippen LogP contribution in [0.2, 0.25) is 0 Å². The maximum Gasteiger partial charge on any atom is 0.123 e. The smallest absolute Gasteiger partial charge is 0.123 e. The zero-order valence-corrected chi connectivity index (χ0v) is 12.7. The Morgan fingerprint density at radius 1 is 1.11 bits per heavy atom. The summed E-state index contributed by atoms with van der Waals surface area (Å²) in [4.78, 5) is 0. The van der Waals surface area contributed by atoms with Gasteiger partial charge in [-0.3, -0.25) is 0 Å². The second-order valence-electron chi connectivity index (χ2n) is 6.49. The average Bonchev–Trinajstić information content (AvgIpc) is 3.17. The Morgan fingerprint density at radius 2 is 1.68 bits per heavy atom. The average molecular weight is 263 g/mol. The van der Waals surface area contributed by atoms with Gasteiger partial charge in [-0.05, 0) is 30.4 Å². The van der Waals surface area contributed by atoms with Crippen LogP contribution in [0, 0.1) is 0 Å². The van der Waals surface area contributed by atoms with Crippen LogP contribution in [-0.4, -0.2) is 20.8 Å². The second kappa shape index (κ2) is 4.71. The largest absolute Gasteiger partial charge is 0.496 e. The molecule has 0 amide bonds. The predicted octanol–water partition coefficient (Wildman–Crippen LogP) is 2.99. The van der Waals surface area contributed by atoms with Gasteiger partial charge in [0.2, 0.25) is 0 Å². The van der Waals surface area contributed by atoms with E-state index in [9.17, 15) is 0 Å². The van der Waals surface area contributed by atoms with Gasteiger partial charge in [-0.25, -0.2) is 0 Å². The molecule has 1 fully saturated rings. The molecular weight excluding hydrogens is 238 g/mol. The van der Waals surface area contributed by atoms with Crippen molar-refractivity contribution < 1.29 is 9.47 Å². The van der Waals surface area contributed by atoms with E-state index in [1.165, 1.54) is 11.1 Å². The highest BCUT2D eigenvalue weighted by Gasteiger charge is 2.45. The van der Waals surface area contributed by atoms with Gasteiger partial charge in [0.25, 0.3) is 0 Å². The Morgan fingerprint density at radius 3 is 2.05 bits per heavy atom. The molecule has 0 aliphatic heterocycles. The molecular formula is C16H25NO2. The fraction of sp³-hybridized carbons (Fsp3) is 0.625. The van der Waals surface area contributed by atoms with Crippen molar-refractivity contribution in [1.82, 2.24) is 0 Å². The lowest BCUT2D eigenvalue weighted by Gasteiger charge is -2.26. The highest BCUT2D eigenvalue weighted by molar-refractivity contribution is 5.54. The molecule has 1 aliphatic rings. The summed E-state index contributed by atoms with van der Waals surface area (Å²) < 4.78 is 11.2. The molecule has 1 saturated carbocycles. The first-order valence-electron chi connectivity index (χ1n) is 6.85. The first-order valence-corrected chi connectivity index (χ1v) is 6.85. The summed E-state index contributed by atoms with van der Waals surface area (Å²) in [6.07, 6.45) is 2.27. The topological polar surface area (TPSA) is 44.5 Å². The molecule has 3 heteroatoms. The Labute approximate surface area is 116 Å². The van der Waals surface area contributed by atoms with Gasteiger partial charge in [0, 0.05) is 23.1 Å². The molecule has 0 heterocycles. The van der Waals surface area contributed by atoms with E-state index < -0.39 is 0 Å². The number of rotatable bonds is 4. The number of ether oxygens (including phenoxy) is 2. The van der Waals surface area contributed by atoms with Crippen LogP contribution in [0.1, 0.15) is 44.7 Å². The van der Waals surface area contributed by atoms with Crippen molar-refractivity contribution in [3.8, 4) is 11.5 Å². The molecule has 1 aromatic carbocycles. The molecule has 19 heavy (non-hydrogen) atoms. The van der Waals surface area contributed by atoms with E-state index >= 15 is 0 Å². The Kier molecular flexibility index (Phi) is 3.52. The lowest BCUT2D eigenvalue weighted by molar-refractivity contribution is 0.381. The molecule has 2 rings (SSSR count). The van der Waals surface area contributed by atoms with Crippen molar-refractivity contribution in [3.05, 3.63) is 23.3 Å². The fourth-order valence-electron chi connectivity index (χ4n) is 2.63. The van der Waals surface area contributed by atoms with Gasteiger partial charge in [-0.1, -0.05) is 20.8 Å². The zero-order chi connectivity index (χ0) is 14.3. The minimum atomic E-state index is 0.0244. The number of methoxy groups -OCH3 is 2. The summed E-state index contributed by atoms with van der Waals surface area (Å²) in [6, 6.07) is 4.24. The predicted molar refractivity (Wildman–Crippen MR) is 78.2 cm³/mol. The number of nitrogens with two attached hydrogens (primary N) is 1. The van der Waals surface area contributed by atoms with Gasteiger partial charge in [-0.2, -0.15) is 0 Å². The Bertz CT molecular complexity index is 470. The normalized spacial score (nSPS) is 17.2. The molecule has 2 N–H and O–H groups in total. The van der Waals surface area contributed by atoms with Crippen molar-refractivity contribution in [1.29, 1.82) is 0 Å². The molecule has 0 atom stereocenters. The second-order valence-corrected chi connectivity index (χ2v) is 6.49. The summed E-state index contributed by atoms with van der Waals surface area (Å²) in [7, 11) is 3.45. The standard InChI is InChI=1S/C16H25NO2/c1-15(2,3)11-8-14(19-5)12(9-13(11)18-4)16(10-17)6-7-16/h8-9H,6-7,10,17H2,1-5H3. The first kappa shape index (κ1) is 14.2. The van der Waals surface area contributed by atoms with Crippen LogP contribution in [0.5, 0.6) is 11.5 Å². The van der Waals surface area contributed by atoms with Crippen LogP contribution in [0.3, 0.4) is 0 Å². The van der Waals surface area contributed by atoms with Crippen LogP contribution in [0.4, 0.5) is 0 Å². The third kappa shape index (κ3) is 2.44. The van der Waals surface area contributed by atoms with Crippen molar-refractivity contribution in [3.63, 3.8) is 0 Å². The lowest BCUT2D eigenvalue weighted by Crippen LogP contribution is -2.22. The zero-order valence-electron chi connectivity index (χ0n) is 12.7. The molecule has 106 valence electrons. The van der Waals surface area contributed by atoms with Crippen LogP contribution in [-0.2, 0) is 10.8 Å². The quantitative estimate of drug-likeness (QED) is 0.908. The maximum atomic E-state index is 5.94. The summed E-state index contributed by atoms with van der Waals surface area (Å²) >= 11 is 0. The fourth-order valence-corrected chi connectivity index (χ4v) is 2.63. The minimum Gasteiger partial charge on any atom is -0.496 e. The monoisotopic (exact) mass is 263 g/mol. The molecule has 0 bridgehead atoms. The molecule has 0 spiro atoms. The lowest BCUT2D eigenvalue weighted by atomic mass is 9.83. The van der Waals surface area contributed by atoms with Crippen molar-refractivity contribution in [2.75, 3.05) is 20.8 Å². The third-order valence-electron chi connectivity index (χ3n) is 4.15. The van der Waals surface area contributed by atoms with Gasteiger partial charge in [0.05, 0.1) is 14.2 Å². The van der Waals surface area contributed by atoms with E-state index in [1.807, 2.05) is 0 Å². The SMILES string of the molecule is COc1cc(C2(CN)CC2)c(OC)cc1C(C)(C)C. The minimum absolute atomic E-state index is 0.0244. The van der Waals surface area contributed by atoms with Crippen LogP contribution >= 0.6 is 0 Å². The van der Waals surface area contributed by atoms with Crippen LogP contribution < -0.4 is 15.2 Å². The molecule has 0 saturated heterocycles. The molecule has 3 nitrogen and oxygen atoms in total. The third-order valence-corrected chi connectivity index (χ3v) is 4.15. The van der Waals surface area contributed by atoms with Gasteiger partial charge in [-0.15, -0.1) is 0 Å². The highest BCUT2D eigenvalue weighted by Crippen LogP contribution is 2.52. The van der Waals surface area contributed by atoms with E-state index in [0.717, 1.165) is 24.3 Å². The maximum absolute atomic E-state index is 5.94. The molecule has 1 aromatic rings. The van der Waals surface area contributed by atoms with E-state index in [1.54, 1.807) is 14.2 Å². The van der Waals surface area contributed by atoms with Crippen LogP contribution in [0.25, 0.3) is 0 Å². The molecule has 0 radical (unpaired) electrons. The Hall–Kier alpha value is -1.22. The number of hydrogen-bond acceptors (Lipinski definition) is 3. The molecule has 1 aliphatic carbocycles. The summed E-state index contributed by atoms with van der Waals surface area (Å²) in [5.74, 6) is 1.87. The number of hydrogen-bond donors (Lipinski definition) is 1. The summed E-state index contributed by atoms with van der Waals surface area (Å²) in [5.41, 5.74) is 8.44. The van der Waals surface area contributed by atoms with Crippen molar-refractivity contribution >= 4 is 0 Å². The van der Waals surface area contributed by atoms with Crippen LogP contribution in [0.15, 0.2) is 12.1 Å². The van der Waals surface area contributed by atoms with Crippen molar-refractivity contribution in [2.45, 2.75) is 44.4 Å². The van der Waals surface area contributed by atoms with E-state index in [4.69, 9.17) is 15.2 Å². The molecule has 0 unspecified atom stereocenters. The van der Waals surface area contributed by atoms with Gasteiger partial charge in [0.1, 0.15) is 11.5 Å². The first-order chi connectivity index (χ1) is 8.88. The van der Waals surface area contributed by atoms with E-state index in [-0.39, 0.29) is 10.8 Å². The van der Waals surface area contributed by atoms with Gasteiger partial charge < -0.3 is 15.2 Å². The van der Waals surface area contributed by atoms with Gasteiger partial charge >= 0.3 is 0 Å². The number of benzene rings is 1. The summed E-state index contributed by atoms with van der Waals surface area (Å²) in [5, 5.41) is 0. The summed E-state index contributed by atoms with van der Waals surface area (Å²) in [6.45, 7) is 7.21. The Balaban J connectivity index is 2.58. The van der Waals surface area contributed by atoms with E-state index in [2.05, 4.69) is 32.9 Å². The highest BCUT2D eigenvalue weighted by atomic mass is 16.5. The van der Waals surface area contributed by atoms with Gasteiger partial charge in [0.15, 0.2) is 0 Å². The van der Waals surface area contributed by atoms with Crippen molar-refractivity contribution in [2.24, 2.45) is 5.73 Å².